The van der Waals surface area contributed by atoms with Gasteiger partial charge in [0.2, 0.25) is 5.91 Å². The van der Waals surface area contributed by atoms with Crippen LogP contribution in [0.1, 0.15) is 12.8 Å². The molecule has 1 atom stereocenters. The number of hydrogen-bond acceptors (Lipinski definition) is 5. The molecule has 0 saturated carbocycles. The van der Waals surface area contributed by atoms with Crippen LogP contribution in [0.25, 0.3) is 11.2 Å². The van der Waals surface area contributed by atoms with E-state index in [1.165, 1.54) is 12.4 Å². The minimum atomic E-state index is -0.135. The Labute approximate surface area is 128 Å². The van der Waals surface area contributed by atoms with E-state index >= 15 is 0 Å². The fraction of sp³-hybridized carbons (Fsp3) is 0.385. The molecule has 7 nitrogen and oxygen atoms in total. The second kappa shape index (κ2) is 6.53. The van der Waals surface area contributed by atoms with Crippen LogP contribution in [-0.2, 0) is 4.79 Å². The van der Waals surface area contributed by atoms with Crippen LogP contribution in [-0.4, -0.2) is 45.0 Å². The van der Waals surface area contributed by atoms with Crippen LogP contribution in [0.4, 0.5) is 5.82 Å². The number of carbonyl (C=O) groups excluding carboxylic acids is 1. The van der Waals surface area contributed by atoms with Crippen molar-refractivity contribution in [1.82, 2.24) is 25.3 Å². The highest BCUT2D eigenvalue weighted by molar-refractivity contribution is 5.87. The molecule has 2 N–H and O–H groups in total. The Kier molecular flexibility index (Phi) is 4.74. The largest absolute Gasteiger partial charge is 0.353 e. The van der Waals surface area contributed by atoms with Crippen LogP contribution in [0.2, 0.25) is 0 Å². The summed E-state index contributed by atoms with van der Waals surface area (Å²) in [4.78, 5) is 29.3. The highest BCUT2D eigenvalue weighted by atomic mass is 35.5. The van der Waals surface area contributed by atoms with Gasteiger partial charge in [0.25, 0.3) is 0 Å². The van der Waals surface area contributed by atoms with Gasteiger partial charge in [-0.15, -0.1) is 12.4 Å². The molecule has 2 aromatic rings. The molecule has 0 radical (unpaired) electrons. The van der Waals surface area contributed by atoms with Gasteiger partial charge in [-0.05, 0) is 18.9 Å². The van der Waals surface area contributed by atoms with Crippen molar-refractivity contribution in [3.8, 4) is 0 Å². The first-order valence-corrected chi connectivity index (χ1v) is 6.60. The summed E-state index contributed by atoms with van der Waals surface area (Å²) < 4.78 is 0. The molecule has 1 aliphatic heterocycles. The van der Waals surface area contributed by atoms with E-state index in [1.807, 2.05) is 0 Å². The number of hydrogen-bond donors (Lipinski definition) is 2. The molecule has 112 valence electrons. The number of piperidine rings is 1. The van der Waals surface area contributed by atoms with Gasteiger partial charge in [-0.25, -0.2) is 15.0 Å². The van der Waals surface area contributed by atoms with E-state index in [-0.39, 0.29) is 24.4 Å². The maximum Gasteiger partial charge on any atom is 0.243 e. The Balaban J connectivity index is 0.00000161. The summed E-state index contributed by atoms with van der Waals surface area (Å²) in [5.41, 5.74) is 1.50. The number of aromatic nitrogens is 4. The molecule has 21 heavy (non-hydrogen) atoms. The number of nitrogens with zero attached hydrogens (tertiary/aromatic N) is 4. The molecule has 3 heterocycles. The van der Waals surface area contributed by atoms with Gasteiger partial charge in [-0.1, -0.05) is 6.58 Å². The summed E-state index contributed by atoms with van der Waals surface area (Å²) in [5, 5.41) is 2.94. The Bertz CT molecular complexity index is 642. The fourth-order valence-electron chi connectivity index (χ4n) is 2.53. The van der Waals surface area contributed by atoms with Gasteiger partial charge in [-0.3, -0.25) is 4.79 Å². The molecule has 2 aromatic heterocycles. The summed E-state index contributed by atoms with van der Waals surface area (Å²) in [5.74, 6) is 0.679. The average Bonchev–Trinajstić information content (AvgIpc) is 2.95. The van der Waals surface area contributed by atoms with E-state index in [2.05, 4.69) is 36.7 Å². The van der Waals surface area contributed by atoms with Crippen LogP contribution < -0.4 is 10.2 Å². The first-order valence-electron chi connectivity index (χ1n) is 6.60. The third-order valence-corrected chi connectivity index (χ3v) is 3.45. The first kappa shape index (κ1) is 15.2. The number of aromatic amines is 1. The molecule has 0 aromatic carbocycles. The van der Waals surface area contributed by atoms with Crippen LogP contribution in [0, 0.1) is 0 Å². The lowest BCUT2D eigenvalue weighted by molar-refractivity contribution is -0.117. The summed E-state index contributed by atoms with van der Waals surface area (Å²) in [6.07, 6.45) is 6.41. The summed E-state index contributed by atoms with van der Waals surface area (Å²) in [6, 6.07) is 0.109. The Hall–Kier alpha value is -2.15. The second-order valence-electron chi connectivity index (χ2n) is 4.79. The van der Waals surface area contributed by atoms with Gasteiger partial charge in [0.1, 0.15) is 11.8 Å². The summed E-state index contributed by atoms with van der Waals surface area (Å²) >= 11 is 0. The highest BCUT2D eigenvalue weighted by Crippen LogP contribution is 2.23. The zero-order valence-corrected chi connectivity index (χ0v) is 12.3. The van der Waals surface area contributed by atoms with Crippen LogP contribution >= 0.6 is 12.4 Å². The Morgan fingerprint density at radius 2 is 2.33 bits per heavy atom. The molecule has 8 heteroatoms. The van der Waals surface area contributed by atoms with Crippen molar-refractivity contribution >= 4 is 35.3 Å². The molecule has 1 aliphatic rings. The lowest BCUT2D eigenvalue weighted by Crippen LogP contribution is -2.47. The smallest absolute Gasteiger partial charge is 0.243 e. The van der Waals surface area contributed by atoms with Crippen molar-refractivity contribution in [1.29, 1.82) is 0 Å². The molecule has 1 amide bonds. The number of halogens is 1. The van der Waals surface area contributed by atoms with Crippen molar-refractivity contribution < 1.29 is 4.79 Å². The zero-order chi connectivity index (χ0) is 13.9. The third-order valence-electron chi connectivity index (χ3n) is 3.45. The van der Waals surface area contributed by atoms with E-state index < -0.39 is 0 Å². The predicted octanol–water partition coefficient (Wildman–Crippen LogP) is 1.05. The number of fused-ring (bicyclic) bond motifs is 1. The zero-order valence-electron chi connectivity index (χ0n) is 11.5. The van der Waals surface area contributed by atoms with E-state index in [1.54, 1.807) is 6.33 Å². The standard InChI is InChI=1S/C13H16N6O.ClH/c1-2-10(20)18-9-4-3-5-19(6-9)13-11-12(15-7-14-11)16-8-17-13;/h2,7-9H,1,3-6H2,(H,18,20)(H,14,15,16,17);1H/t9-;/m1./s1. The second-order valence-corrected chi connectivity index (χ2v) is 4.79. The SMILES string of the molecule is C=CC(=O)N[C@@H]1CCCN(c2ncnc3[nH]cnc23)C1.Cl. The molecule has 0 bridgehead atoms. The number of nitrogens with one attached hydrogen (secondary N) is 2. The van der Waals surface area contributed by atoms with E-state index in [9.17, 15) is 4.79 Å². The monoisotopic (exact) mass is 308 g/mol. The maximum atomic E-state index is 11.4. The summed E-state index contributed by atoms with van der Waals surface area (Å²) in [6.45, 7) is 5.10. The Morgan fingerprint density at radius 3 is 3.14 bits per heavy atom. The number of imidazole rings is 1. The van der Waals surface area contributed by atoms with E-state index in [4.69, 9.17) is 0 Å². The van der Waals surface area contributed by atoms with Crippen LogP contribution in [0.5, 0.6) is 0 Å². The maximum absolute atomic E-state index is 11.4. The van der Waals surface area contributed by atoms with E-state index in [0.717, 1.165) is 42.9 Å². The fourth-order valence-corrected chi connectivity index (χ4v) is 2.53. The summed E-state index contributed by atoms with van der Waals surface area (Å²) in [7, 11) is 0. The van der Waals surface area contributed by atoms with Gasteiger partial charge >= 0.3 is 0 Å². The molecule has 3 rings (SSSR count). The third kappa shape index (κ3) is 3.13. The first-order chi connectivity index (χ1) is 9.78. The number of amides is 1. The van der Waals surface area contributed by atoms with E-state index in [0.29, 0.717) is 0 Å². The van der Waals surface area contributed by atoms with Crippen molar-refractivity contribution in [3.05, 3.63) is 25.3 Å². The lowest BCUT2D eigenvalue weighted by atomic mass is 10.1. The van der Waals surface area contributed by atoms with Gasteiger partial charge in [0, 0.05) is 19.1 Å². The topological polar surface area (TPSA) is 86.8 Å². The molecule has 1 saturated heterocycles. The Morgan fingerprint density at radius 1 is 1.48 bits per heavy atom. The normalized spacial score (nSPS) is 18.1. The number of anilines is 1. The van der Waals surface area contributed by atoms with Crippen molar-refractivity contribution in [2.75, 3.05) is 18.0 Å². The van der Waals surface area contributed by atoms with Gasteiger partial charge in [-0.2, -0.15) is 0 Å². The number of H-pyrrole nitrogens is 1. The molecule has 0 unspecified atom stereocenters. The predicted molar refractivity (Wildman–Crippen MR) is 82.5 cm³/mol. The van der Waals surface area contributed by atoms with Gasteiger partial charge in [0.05, 0.1) is 6.33 Å². The lowest BCUT2D eigenvalue weighted by Gasteiger charge is -2.33. The minimum absolute atomic E-state index is 0. The van der Waals surface area contributed by atoms with Crippen LogP contribution in [0.3, 0.4) is 0 Å². The molecule has 0 aliphatic carbocycles. The van der Waals surface area contributed by atoms with Crippen molar-refractivity contribution in [3.63, 3.8) is 0 Å². The quantitative estimate of drug-likeness (QED) is 0.828. The van der Waals surface area contributed by atoms with Gasteiger partial charge < -0.3 is 15.2 Å². The van der Waals surface area contributed by atoms with Gasteiger partial charge in [0.15, 0.2) is 11.5 Å². The van der Waals surface area contributed by atoms with Crippen molar-refractivity contribution in [2.24, 2.45) is 0 Å². The minimum Gasteiger partial charge on any atom is -0.353 e. The number of carbonyl (C=O) groups is 1. The number of rotatable bonds is 3. The highest BCUT2D eigenvalue weighted by Gasteiger charge is 2.23. The van der Waals surface area contributed by atoms with Crippen LogP contribution in [0.15, 0.2) is 25.3 Å². The van der Waals surface area contributed by atoms with Crippen molar-refractivity contribution in [2.45, 2.75) is 18.9 Å². The molecule has 0 spiro atoms. The molecular weight excluding hydrogens is 292 g/mol. The molecular formula is C13H17ClN6O. The molecule has 1 fully saturated rings. The average molecular weight is 309 g/mol.